The van der Waals surface area contributed by atoms with Crippen molar-refractivity contribution in [2.75, 3.05) is 0 Å². The van der Waals surface area contributed by atoms with E-state index in [-0.39, 0.29) is 5.91 Å². The quantitative estimate of drug-likeness (QED) is 0.897. The monoisotopic (exact) mass is 341 g/mol. The highest BCUT2D eigenvalue weighted by molar-refractivity contribution is 6.08. The van der Waals surface area contributed by atoms with Crippen molar-refractivity contribution >= 4 is 22.7 Å². The Hall–Kier alpha value is -2.50. The summed E-state index contributed by atoms with van der Waals surface area (Å²) in [5.74, 6) is -0.962. The average Bonchev–Trinajstić information content (AvgIpc) is 3.33. The van der Waals surface area contributed by atoms with Gasteiger partial charge in [-0.25, -0.2) is 4.39 Å². The SMILES string of the molecule is NC(=O)C1(NC(=O)c2cc(C3CC3)nc3ccc(F)cc23)CCCC1. The van der Waals surface area contributed by atoms with E-state index in [1.165, 1.54) is 12.1 Å². The minimum atomic E-state index is -1.00. The molecule has 0 aliphatic heterocycles. The lowest BCUT2D eigenvalue weighted by molar-refractivity contribution is -0.123. The van der Waals surface area contributed by atoms with Crippen molar-refractivity contribution in [2.24, 2.45) is 5.73 Å². The van der Waals surface area contributed by atoms with Crippen molar-refractivity contribution in [3.8, 4) is 0 Å². The fraction of sp³-hybridized carbons (Fsp3) is 0.421. The van der Waals surface area contributed by atoms with Crippen LogP contribution in [0.3, 0.4) is 0 Å². The second kappa shape index (κ2) is 5.79. The molecule has 0 spiro atoms. The number of carbonyl (C=O) groups excluding carboxylic acids is 2. The molecule has 4 rings (SSSR count). The topological polar surface area (TPSA) is 85.1 Å². The summed E-state index contributed by atoms with van der Waals surface area (Å²) in [6, 6.07) is 5.99. The van der Waals surface area contributed by atoms with Gasteiger partial charge >= 0.3 is 0 Å². The van der Waals surface area contributed by atoms with Crippen LogP contribution in [0, 0.1) is 5.82 Å². The summed E-state index contributed by atoms with van der Waals surface area (Å²) in [6.07, 6.45) is 4.88. The van der Waals surface area contributed by atoms with Crippen LogP contribution < -0.4 is 11.1 Å². The van der Waals surface area contributed by atoms with E-state index in [0.717, 1.165) is 31.4 Å². The van der Waals surface area contributed by atoms with E-state index in [4.69, 9.17) is 5.73 Å². The number of halogens is 1. The second-order valence-corrected chi connectivity index (χ2v) is 7.14. The number of pyridine rings is 1. The lowest BCUT2D eigenvalue weighted by Gasteiger charge is -2.27. The Morgan fingerprint density at radius 2 is 1.92 bits per heavy atom. The van der Waals surface area contributed by atoms with Crippen LogP contribution in [0.25, 0.3) is 10.9 Å². The fourth-order valence-corrected chi connectivity index (χ4v) is 3.69. The zero-order chi connectivity index (χ0) is 17.6. The van der Waals surface area contributed by atoms with E-state index in [1.807, 2.05) is 0 Å². The highest BCUT2D eigenvalue weighted by atomic mass is 19.1. The van der Waals surface area contributed by atoms with Gasteiger partial charge in [0.1, 0.15) is 11.4 Å². The number of primary amides is 1. The molecule has 130 valence electrons. The Morgan fingerprint density at radius 1 is 1.20 bits per heavy atom. The Bertz CT molecular complexity index is 870. The third-order valence-electron chi connectivity index (χ3n) is 5.31. The van der Waals surface area contributed by atoms with E-state index >= 15 is 0 Å². The molecule has 2 saturated carbocycles. The Kier molecular flexibility index (Phi) is 3.71. The number of carbonyl (C=O) groups is 2. The van der Waals surface area contributed by atoms with Crippen molar-refractivity contribution in [1.29, 1.82) is 0 Å². The molecule has 25 heavy (non-hydrogen) atoms. The first kappa shape index (κ1) is 16.0. The maximum Gasteiger partial charge on any atom is 0.252 e. The van der Waals surface area contributed by atoms with E-state index in [9.17, 15) is 14.0 Å². The van der Waals surface area contributed by atoms with Gasteiger partial charge < -0.3 is 11.1 Å². The first-order valence-electron chi connectivity index (χ1n) is 8.71. The number of benzene rings is 1. The first-order valence-corrected chi connectivity index (χ1v) is 8.71. The van der Waals surface area contributed by atoms with Crippen LogP contribution in [0.4, 0.5) is 4.39 Å². The minimum absolute atomic E-state index is 0.359. The molecule has 5 nitrogen and oxygen atoms in total. The summed E-state index contributed by atoms with van der Waals surface area (Å²) in [7, 11) is 0. The molecular weight excluding hydrogens is 321 g/mol. The van der Waals surface area contributed by atoms with Gasteiger partial charge in [-0.1, -0.05) is 12.8 Å². The third-order valence-corrected chi connectivity index (χ3v) is 5.31. The van der Waals surface area contributed by atoms with Gasteiger partial charge in [-0.3, -0.25) is 14.6 Å². The van der Waals surface area contributed by atoms with Crippen molar-refractivity contribution < 1.29 is 14.0 Å². The Morgan fingerprint density at radius 3 is 2.56 bits per heavy atom. The number of hydrogen-bond donors (Lipinski definition) is 2. The zero-order valence-electron chi connectivity index (χ0n) is 13.8. The van der Waals surface area contributed by atoms with E-state index in [2.05, 4.69) is 10.3 Å². The number of amides is 2. The molecule has 1 heterocycles. The molecule has 2 aromatic rings. The van der Waals surface area contributed by atoms with Crippen LogP contribution in [0.15, 0.2) is 24.3 Å². The van der Waals surface area contributed by atoms with E-state index < -0.39 is 17.3 Å². The molecular formula is C19H20FN3O2. The van der Waals surface area contributed by atoms with Crippen molar-refractivity contribution in [1.82, 2.24) is 10.3 Å². The summed E-state index contributed by atoms with van der Waals surface area (Å²) in [5, 5.41) is 3.30. The van der Waals surface area contributed by atoms with Gasteiger partial charge in [0.05, 0.1) is 11.1 Å². The van der Waals surface area contributed by atoms with Gasteiger partial charge in [-0.05, 0) is 49.9 Å². The minimum Gasteiger partial charge on any atom is -0.368 e. The largest absolute Gasteiger partial charge is 0.368 e. The molecule has 0 atom stereocenters. The maximum absolute atomic E-state index is 13.7. The number of rotatable bonds is 4. The molecule has 0 unspecified atom stereocenters. The molecule has 2 aliphatic rings. The van der Waals surface area contributed by atoms with Gasteiger partial charge in [0.2, 0.25) is 5.91 Å². The number of fused-ring (bicyclic) bond motifs is 1. The summed E-state index contributed by atoms with van der Waals surface area (Å²) in [6.45, 7) is 0. The summed E-state index contributed by atoms with van der Waals surface area (Å²) in [5.41, 5.74) is 6.36. The molecule has 3 N–H and O–H groups in total. The number of aromatic nitrogens is 1. The average molecular weight is 341 g/mol. The van der Waals surface area contributed by atoms with Crippen LogP contribution in [0.2, 0.25) is 0 Å². The molecule has 0 bridgehead atoms. The van der Waals surface area contributed by atoms with Gasteiger partial charge in [-0.15, -0.1) is 0 Å². The third kappa shape index (κ3) is 2.86. The van der Waals surface area contributed by atoms with Crippen LogP contribution in [0.1, 0.15) is 60.5 Å². The Labute approximate surface area is 144 Å². The van der Waals surface area contributed by atoms with Crippen LogP contribution in [-0.2, 0) is 4.79 Å². The molecule has 2 amide bonds. The highest BCUT2D eigenvalue weighted by Gasteiger charge is 2.41. The predicted octanol–water partition coefficient (Wildman–Crippen LogP) is 2.78. The summed E-state index contributed by atoms with van der Waals surface area (Å²) >= 11 is 0. The lowest BCUT2D eigenvalue weighted by atomic mass is 9.95. The van der Waals surface area contributed by atoms with Crippen LogP contribution in [-0.4, -0.2) is 22.3 Å². The molecule has 0 radical (unpaired) electrons. The lowest BCUT2D eigenvalue weighted by Crippen LogP contribution is -2.55. The molecule has 1 aromatic carbocycles. The second-order valence-electron chi connectivity index (χ2n) is 7.14. The maximum atomic E-state index is 13.7. The van der Waals surface area contributed by atoms with E-state index in [0.29, 0.717) is 35.2 Å². The van der Waals surface area contributed by atoms with Gasteiger partial charge in [0.15, 0.2) is 0 Å². The highest BCUT2D eigenvalue weighted by Crippen LogP contribution is 2.40. The van der Waals surface area contributed by atoms with E-state index in [1.54, 1.807) is 12.1 Å². The van der Waals surface area contributed by atoms with Crippen molar-refractivity contribution in [3.05, 3.63) is 41.3 Å². The van der Waals surface area contributed by atoms with Gasteiger partial charge in [0.25, 0.3) is 5.91 Å². The predicted molar refractivity (Wildman–Crippen MR) is 91.5 cm³/mol. The molecule has 1 aromatic heterocycles. The normalized spacial score (nSPS) is 19.1. The zero-order valence-corrected chi connectivity index (χ0v) is 13.8. The molecule has 6 heteroatoms. The summed E-state index contributed by atoms with van der Waals surface area (Å²) in [4.78, 5) is 29.5. The molecule has 0 saturated heterocycles. The van der Waals surface area contributed by atoms with Crippen LogP contribution in [0.5, 0.6) is 0 Å². The fourth-order valence-electron chi connectivity index (χ4n) is 3.69. The molecule has 2 fully saturated rings. The smallest absolute Gasteiger partial charge is 0.252 e. The Balaban J connectivity index is 1.77. The number of nitrogens with zero attached hydrogens (tertiary/aromatic N) is 1. The molecule has 2 aliphatic carbocycles. The van der Waals surface area contributed by atoms with Gasteiger partial charge in [0, 0.05) is 17.0 Å². The van der Waals surface area contributed by atoms with Gasteiger partial charge in [-0.2, -0.15) is 0 Å². The number of nitrogens with one attached hydrogen (secondary N) is 1. The summed E-state index contributed by atoms with van der Waals surface area (Å²) < 4.78 is 13.7. The number of hydrogen-bond acceptors (Lipinski definition) is 3. The first-order chi connectivity index (χ1) is 12.0. The van der Waals surface area contributed by atoms with Crippen molar-refractivity contribution in [2.45, 2.75) is 50.0 Å². The number of nitrogens with two attached hydrogens (primary N) is 1. The standard InChI is InChI=1S/C19H20FN3O2/c20-12-5-6-15-13(9-12)14(10-16(22-15)11-3-4-11)17(24)23-19(18(21)25)7-1-2-8-19/h5-6,9-11H,1-4,7-8H2,(H2,21,25)(H,23,24). The van der Waals surface area contributed by atoms with Crippen LogP contribution >= 0.6 is 0 Å². The van der Waals surface area contributed by atoms with Crippen molar-refractivity contribution in [3.63, 3.8) is 0 Å².